The zero-order chi connectivity index (χ0) is 29.1. The van der Waals surface area contributed by atoms with E-state index >= 15 is 4.39 Å². The molecule has 220 valence electrons. The van der Waals surface area contributed by atoms with E-state index in [1.807, 2.05) is 0 Å². The highest BCUT2D eigenvalue weighted by atomic mass is 32.7. The van der Waals surface area contributed by atoms with Gasteiger partial charge in [-0.15, -0.1) is 0 Å². The summed E-state index contributed by atoms with van der Waals surface area (Å²) in [5.74, 6) is -0.854. The third kappa shape index (κ3) is 5.61. The first kappa shape index (κ1) is 28.9. The Morgan fingerprint density at radius 3 is 2.90 bits per heavy atom. The number of rotatable bonds is 1. The molecule has 2 aromatic rings. The summed E-state index contributed by atoms with van der Waals surface area (Å²) in [5, 5.41) is 10.0. The SMILES string of the molecule is C[C@H]1COP(=O)(S)OC[C@H]2O[C@H](N3C=NC4C(=O)NC(=N)N=C43)[C@H](OP(O)(=S)OCc3nc4cncnc4n31)[C@@H]2F. The van der Waals surface area contributed by atoms with Crippen LogP contribution in [-0.4, -0.2) is 97.2 Å². The summed E-state index contributed by atoms with van der Waals surface area (Å²) < 4.78 is 58.4. The van der Waals surface area contributed by atoms with Crippen molar-refractivity contribution in [2.45, 2.75) is 50.2 Å². The molecule has 22 heteroatoms. The van der Waals surface area contributed by atoms with Gasteiger partial charge in [0.05, 0.1) is 31.8 Å². The van der Waals surface area contributed by atoms with Gasteiger partial charge in [0.2, 0.25) is 5.96 Å². The van der Waals surface area contributed by atoms with Gasteiger partial charge in [-0.3, -0.25) is 39.0 Å². The topological polar surface area (TPSA) is 208 Å². The quantitative estimate of drug-likeness (QED) is 0.250. The normalized spacial score (nSPS) is 38.1. The average Bonchev–Trinajstić information content (AvgIpc) is 3.58. The highest BCUT2D eigenvalue weighted by Gasteiger charge is 2.54. The van der Waals surface area contributed by atoms with E-state index in [1.165, 1.54) is 23.8 Å². The molecular weight excluding hydrogens is 627 g/mol. The molecule has 0 spiro atoms. The number of thiol groups is 1. The first-order chi connectivity index (χ1) is 19.4. The van der Waals surface area contributed by atoms with Gasteiger partial charge < -0.3 is 18.7 Å². The second kappa shape index (κ2) is 10.8. The van der Waals surface area contributed by atoms with Gasteiger partial charge in [0.1, 0.15) is 36.5 Å². The number of imidazole rings is 1. The largest absolute Gasteiger partial charge is 0.386 e. The van der Waals surface area contributed by atoms with Gasteiger partial charge in [-0.2, -0.15) is 4.99 Å². The second-order valence-electron chi connectivity index (χ2n) is 9.24. The zero-order valence-electron chi connectivity index (χ0n) is 20.9. The van der Waals surface area contributed by atoms with Crippen molar-refractivity contribution in [1.82, 2.24) is 29.7 Å². The van der Waals surface area contributed by atoms with Crippen LogP contribution in [0.25, 0.3) is 11.2 Å². The fourth-order valence-corrected chi connectivity index (χ4v) is 7.20. The van der Waals surface area contributed by atoms with Crippen LogP contribution in [0.4, 0.5) is 4.39 Å². The molecular formula is C19H22FN9O8P2S2. The number of alkyl halides is 1. The number of aliphatic imine (C=N–C) groups is 2. The number of hydrogen-bond acceptors (Lipinski definition) is 14. The predicted octanol–water partition coefficient (Wildman–Crippen LogP) is 0.829. The minimum atomic E-state index is -4.19. The van der Waals surface area contributed by atoms with Crippen LogP contribution in [0.2, 0.25) is 0 Å². The van der Waals surface area contributed by atoms with Gasteiger partial charge in [0, 0.05) is 0 Å². The first-order valence-electron chi connectivity index (χ1n) is 12.0. The summed E-state index contributed by atoms with van der Waals surface area (Å²) in [4.78, 5) is 45.2. The van der Waals surface area contributed by atoms with Crippen molar-refractivity contribution in [2.75, 3.05) is 13.2 Å². The molecule has 4 aliphatic heterocycles. The number of hydrogen-bond donors (Lipinski definition) is 4. The Kier molecular flexibility index (Phi) is 7.59. The van der Waals surface area contributed by atoms with E-state index in [4.69, 9.17) is 40.0 Å². The van der Waals surface area contributed by atoms with Gasteiger partial charge in [-0.25, -0.2) is 23.9 Å². The van der Waals surface area contributed by atoms with Crippen molar-refractivity contribution in [3.8, 4) is 0 Å². The lowest BCUT2D eigenvalue weighted by Crippen LogP contribution is -2.53. The van der Waals surface area contributed by atoms with Gasteiger partial charge in [0.25, 0.3) is 5.91 Å². The Balaban J connectivity index is 1.35. The molecule has 1 fully saturated rings. The number of ether oxygens (including phenoxy) is 1. The van der Waals surface area contributed by atoms with Crippen molar-refractivity contribution in [3.63, 3.8) is 0 Å². The number of nitrogens with one attached hydrogen (secondary N) is 2. The summed E-state index contributed by atoms with van der Waals surface area (Å²) in [7, 11) is 0. The van der Waals surface area contributed by atoms with Gasteiger partial charge in [0.15, 0.2) is 29.9 Å². The third-order valence-corrected chi connectivity index (χ3v) is 9.65. The summed E-state index contributed by atoms with van der Waals surface area (Å²) in [6.07, 6.45) is -2.47. The summed E-state index contributed by atoms with van der Waals surface area (Å²) in [6, 6.07) is -1.64. The Morgan fingerprint density at radius 2 is 2.10 bits per heavy atom. The predicted molar refractivity (Wildman–Crippen MR) is 146 cm³/mol. The van der Waals surface area contributed by atoms with Crippen molar-refractivity contribution in [2.24, 2.45) is 9.98 Å². The number of fused-ring (bicyclic) bond motifs is 6. The standard InChI is InChI=1S/C19H22FN9O8P2S2/c1-8-3-33-38(31,40)34-4-10-12(20)14(18(36-10)28-7-24-13-16(28)26-19(21)27-17(13)30)37-39(32,41)35-5-11-25-9-2-22-6-23-15(9)29(8)11/h2,6-8,10,12-14,18H,3-5H2,1H3,(H,31,40)(H,32,41)(H2,21,27,30)/t8-,10+,12+,13?,14+,18-,38?,39?/m0/s1. The molecule has 2 bridgehead atoms. The fraction of sp³-hybridized carbons (Fsp3) is 0.526. The van der Waals surface area contributed by atoms with Crippen molar-refractivity contribution >= 4 is 72.8 Å². The number of carbonyl (C=O) groups excluding carboxylic acids is 1. The second-order valence-corrected chi connectivity index (χ2v) is 15.0. The maximum atomic E-state index is 15.9. The van der Waals surface area contributed by atoms with E-state index in [0.29, 0.717) is 11.2 Å². The number of aromatic nitrogens is 4. The van der Waals surface area contributed by atoms with E-state index in [0.717, 1.165) is 0 Å². The number of carbonyl (C=O) groups is 1. The Morgan fingerprint density at radius 1 is 1.32 bits per heavy atom. The van der Waals surface area contributed by atoms with Crippen LogP contribution in [0.3, 0.4) is 0 Å². The van der Waals surface area contributed by atoms with E-state index in [2.05, 4.69) is 42.5 Å². The molecule has 6 rings (SSSR count). The minimum absolute atomic E-state index is 0.0281. The highest BCUT2D eigenvalue weighted by molar-refractivity contribution is 8.44. The molecule has 0 radical (unpaired) electrons. The number of halogens is 1. The maximum absolute atomic E-state index is 15.9. The summed E-state index contributed by atoms with van der Waals surface area (Å²) in [6.45, 7) is -7.64. The van der Waals surface area contributed by atoms with Crippen LogP contribution in [0.5, 0.6) is 0 Å². The molecule has 4 aliphatic rings. The van der Waals surface area contributed by atoms with Crippen molar-refractivity contribution in [3.05, 3.63) is 18.3 Å². The van der Waals surface area contributed by atoms with E-state index in [9.17, 15) is 14.3 Å². The van der Waals surface area contributed by atoms with Crippen LogP contribution >= 0.6 is 25.8 Å². The third-order valence-electron chi connectivity index (χ3n) is 6.47. The summed E-state index contributed by atoms with van der Waals surface area (Å²) >= 11 is 9.24. The smallest absolute Gasteiger partial charge is 0.346 e. The van der Waals surface area contributed by atoms with Crippen LogP contribution in [0.1, 0.15) is 18.8 Å². The van der Waals surface area contributed by atoms with E-state index in [-0.39, 0.29) is 24.9 Å². The van der Waals surface area contributed by atoms with E-state index in [1.54, 1.807) is 11.5 Å². The molecule has 0 aromatic carbocycles. The molecule has 0 saturated carbocycles. The average molecular weight is 650 g/mol. The number of nitrogens with zero attached hydrogens (tertiary/aromatic N) is 7. The number of guanidine groups is 1. The lowest BCUT2D eigenvalue weighted by atomic mass is 10.1. The van der Waals surface area contributed by atoms with Gasteiger partial charge >= 0.3 is 13.5 Å². The van der Waals surface area contributed by atoms with Gasteiger partial charge in [-0.05, 0) is 18.7 Å². The van der Waals surface area contributed by atoms with Gasteiger partial charge in [-0.1, -0.05) is 12.2 Å². The first-order valence-corrected chi connectivity index (χ1v) is 17.2. The molecule has 41 heavy (non-hydrogen) atoms. The molecule has 0 aliphatic carbocycles. The van der Waals surface area contributed by atoms with E-state index < -0.39 is 68.7 Å². The molecule has 3 unspecified atom stereocenters. The number of amides is 1. The van der Waals surface area contributed by atoms with Crippen molar-refractivity contribution < 1.29 is 41.5 Å². The highest BCUT2D eigenvalue weighted by Crippen LogP contribution is 2.55. The lowest BCUT2D eigenvalue weighted by Gasteiger charge is -2.31. The molecule has 17 nitrogen and oxygen atoms in total. The van der Waals surface area contributed by atoms with Crippen LogP contribution in [0, 0.1) is 5.41 Å². The molecule has 1 amide bonds. The zero-order valence-corrected chi connectivity index (χ0v) is 24.4. The molecule has 2 aromatic heterocycles. The molecule has 8 atom stereocenters. The van der Waals surface area contributed by atoms with Crippen molar-refractivity contribution in [1.29, 1.82) is 5.41 Å². The minimum Gasteiger partial charge on any atom is -0.346 e. The Labute approximate surface area is 240 Å². The van der Waals surface area contributed by atoms with Crippen LogP contribution in [-0.2, 0) is 50.6 Å². The van der Waals surface area contributed by atoms with Crippen LogP contribution < -0.4 is 5.32 Å². The monoisotopic (exact) mass is 649 g/mol. The Hall–Kier alpha value is -2.25. The molecule has 1 saturated heterocycles. The fourth-order valence-electron chi connectivity index (χ4n) is 4.66. The maximum Gasteiger partial charge on any atom is 0.386 e. The Bertz CT molecular complexity index is 1580. The van der Waals surface area contributed by atoms with Crippen LogP contribution in [0.15, 0.2) is 22.5 Å². The summed E-state index contributed by atoms with van der Waals surface area (Å²) in [5.41, 5.74) is 0.807. The molecule has 3 N–H and O–H groups in total. The lowest BCUT2D eigenvalue weighted by molar-refractivity contribution is -0.119. The number of amidine groups is 1. The molecule has 6 heterocycles.